The zero-order valence-corrected chi connectivity index (χ0v) is 32.4. The smallest absolute Gasteiger partial charge is 0.246 e. The molecule has 0 aromatic carbocycles. The highest BCUT2D eigenvalue weighted by Gasteiger charge is 2.44. The Morgan fingerprint density at radius 3 is 1.73 bits per heavy atom. The Kier molecular flexibility index (Phi) is 16.5. The van der Waals surface area contributed by atoms with E-state index in [0.29, 0.717) is 51.6 Å². The number of likely N-dealkylation sites (tertiary alicyclic amines) is 3. The molecule has 0 radical (unpaired) electrons. The fraction of sp³-hybridized carbons (Fsp3) is 0.743. The minimum absolute atomic E-state index is 0.211. The summed E-state index contributed by atoms with van der Waals surface area (Å²) in [7, 11) is 1.62. The summed E-state index contributed by atoms with van der Waals surface area (Å²) in [5, 5.41) is 35.1. The summed E-state index contributed by atoms with van der Waals surface area (Å²) in [6, 6.07) is -8.11. The molecule has 0 aliphatic carbocycles. The molecule has 0 spiro atoms. The van der Waals surface area contributed by atoms with Gasteiger partial charge >= 0.3 is 0 Å². The molecule has 308 valence electrons. The molecule has 55 heavy (non-hydrogen) atoms. The van der Waals surface area contributed by atoms with Crippen molar-refractivity contribution >= 4 is 53.0 Å². The van der Waals surface area contributed by atoms with Crippen molar-refractivity contribution in [3.8, 4) is 0 Å². The lowest BCUT2D eigenvalue weighted by Crippen LogP contribution is -2.61. The molecular weight excluding hydrogens is 722 g/mol. The Hall–Kier alpha value is -4.69. The van der Waals surface area contributed by atoms with Crippen LogP contribution in [0.15, 0.2) is 0 Å². The molecular formula is C35H57N9O11. The number of aliphatic hydroxyl groups excluding tert-OH is 2. The van der Waals surface area contributed by atoms with E-state index in [2.05, 4.69) is 31.9 Å². The second kappa shape index (κ2) is 20.3. The van der Waals surface area contributed by atoms with Crippen molar-refractivity contribution in [3.05, 3.63) is 0 Å². The van der Waals surface area contributed by atoms with Crippen molar-refractivity contribution in [2.45, 2.75) is 128 Å². The predicted octanol–water partition coefficient (Wildman–Crippen LogP) is -4.38. The van der Waals surface area contributed by atoms with Crippen LogP contribution >= 0.6 is 0 Å². The number of ketones is 1. The molecule has 3 rings (SSSR count). The van der Waals surface area contributed by atoms with Gasteiger partial charge in [-0.1, -0.05) is 0 Å². The summed E-state index contributed by atoms with van der Waals surface area (Å²) >= 11 is 0. The van der Waals surface area contributed by atoms with Crippen LogP contribution in [0.2, 0.25) is 0 Å². The number of carbonyl (C=O) groups is 9. The third kappa shape index (κ3) is 11.4. The third-order valence-electron chi connectivity index (χ3n) is 10.3. The Balaban J connectivity index is 1.56. The molecule has 3 heterocycles. The number of nitrogens with one attached hydrogen (secondary N) is 6. The summed E-state index contributed by atoms with van der Waals surface area (Å²) in [5.74, 6) is -5.37. The summed E-state index contributed by atoms with van der Waals surface area (Å²) in [6.45, 7) is 6.58. The molecule has 0 aromatic rings. The van der Waals surface area contributed by atoms with E-state index in [4.69, 9.17) is 0 Å². The van der Waals surface area contributed by atoms with Crippen molar-refractivity contribution in [3.63, 3.8) is 0 Å². The van der Waals surface area contributed by atoms with Crippen LogP contribution in [-0.4, -0.2) is 172 Å². The van der Waals surface area contributed by atoms with Gasteiger partial charge in [-0.05, 0) is 80.2 Å². The number of rotatable bonds is 17. The summed E-state index contributed by atoms with van der Waals surface area (Å²) in [6.07, 6.45) is 1.31. The quantitative estimate of drug-likeness (QED) is 0.0696. The van der Waals surface area contributed by atoms with E-state index in [1.807, 2.05) is 0 Å². The number of aliphatic hydroxyl groups is 2. The van der Waals surface area contributed by atoms with Crippen LogP contribution in [0.3, 0.4) is 0 Å². The fourth-order valence-corrected chi connectivity index (χ4v) is 6.87. The summed E-state index contributed by atoms with van der Waals surface area (Å²) in [5.41, 5.74) is 0. The van der Waals surface area contributed by atoms with Gasteiger partial charge in [-0.25, -0.2) is 0 Å². The summed E-state index contributed by atoms with van der Waals surface area (Å²) in [4.78, 5) is 120. The van der Waals surface area contributed by atoms with E-state index >= 15 is 0 Å². The van der Waals surface area contributed by atoms with E-state index < -0.39 is 109 Å². The number of amides is 8. The van der Waals surface area contributed by atoms with Crippen molar-refractivity contribution in [1.29, 1.82) is 0 Å². The predicted molar refractivity (Wildman–Crippen MR) is 194 cm³/mol. The van der Waals surface area contributed by atoms with Crippen LogP contribution in [-0.2, 0) is 43.2 Å². The molecule has 2 unspecified atom stereocenters. The molecule has 0 aromatic heterocycles. The minimum atomic E-state index is -1.63. The SMILES string of the molecule is CN[C@@H](C)C(=O)N1CCC[C@H]1C(=O)NCC(=O)NC(CO)C(=O)N[C@H](C(=O)N[C@@H](C)C(=O)N1CCC[C@H]1C(=O)N1CCC[C@H]1C(=O)N[C@@H](C)C(C)=O)C(C)O. The van der Waals surface area contributed by atoms with Crippen molar-refractivity contribution in [1.82, 2.24) is 46.6 Å². The van der Waals surface area contributed by atoms with Crippen LogP contribution < -0.4 is 31.9 Å². The Bertz CT molecular complexity index is 1480. The maximum absolute atomic E-state index is 13.7. The first-order valence-corrected chi connectivity index (χ1v) is 18.8. The van der Waals surface area contributed by atoms with Gasteiger partial charge in [0.2, 0.25) is 47.3 Å². The Labute approximate surface area is 320 Å². The normalized spacial score (nSPS) is 22.8. The van der Waals surface area contributed by atoms with Gasteiger partial charge in [0.1, 0.15) is 36.3 Å². The lowest BCUT2D eigenvalue weighted by Gasteiger charge is -2.33. The van der Waals surface area contributed by atoms with Crippen LogP contribution in [0, 0.1) is 0 Å². The van der Waals surface area contributed by atoms with Crippen molar-refractivity contribution in [2.75, 3.05) is 39.8 Å². The number of nitrogens with zero attached hydrogens (tertiary/aromatic N) is 3. The average molecular weight is 780 g/mol. The second-order valence-electron chi connectivity index (χ2n) is 14.4. The van der Waals surface area contributed by atoms with Crippen LogP contribution in [0.25, 0.3) is 0 Å². The lowest BCUT2D eigenvalue weighted by molar-refractivity contribution is -0.148. The number of hydrogen-bond donors (Lipinski definition) is 8. The largest absolute Gasteiger partial charge is 0.394 e. The molecule has 8 amide bonds. The van der Waals surface area contributed by atoms with Crippen LogP contribution in [0.4, 0.5) is 0 Å². The van der Waals surface area contributed by atoms with Gasteiger partial charge in [-0.2, -0.15) is 0 Å². The molecule has 20 heteroatoms. The van der Waals surface area contributed by atoms with Gasteiger partial charge < -0.3 is 56.8 Å². The van der Waals surface area contributed by atoms with Gasteiger partial charge in [-0.3, -0.25) is 43.2 Å². The Morgan fingerprint density at radius 1 is 0.655 bits per heavy atom. The van der Waals surface area contributed by atoms with E-state index in [0.717, 1.165) is 0 Å². The first-order valence-electron chi connectivity index (χ1n) is 18.8. The average Bonchev–Trinajstić information content (AvgIpc) is 3.95. The van der Waals surface area contributed by atoms with E-state index in [1.54, 1.807) is 20.9 Å². The highest BCUT2D eigenvalue weighted by molar-refractivity contribution is 5.98. The first kappa shape index (κ1) is 44.7. The zero-order valence-electron chi connectivity index (χ0n) is 32.4. The maximum atomic E-state index is 13.7. The number of Topliss-reactive ketones (excluding diaryl/α,β-unsaturated/α-hetero) is 1. The Morgan fingerprint density at radius 2 is 1.18 bits per heavy atom. The minimum Gasteiger partial charge on any atom is -0.394 e. The highest BCUT2D eigenvalue weighted by Crippen LogP contribution is 2.26. The topological polar surface area (TPSA) is 276 Å². The zero-order chi connectivity index (χ0) is 41.1. The van der Waals surface area contributed by atoms with Crippen LogP contribution in [0.1, 0.15) is 73.1 Å². The van der Waals surface area contributed by atoms with Gasteiger partial charge in [0.25, 0.3) is 0 Å². The standard InChI is InChI=1S/C35H57N9O11/c1-18(21(4)46)38-31(51)25-11-8-14-43(25)35(55)26-12-9-15-44(26)34(54)20(3)39-32(52)28(22(5)47)41-29(49)23(17-45)40-27(48)16-37-30(50)24-10-7-13-42(24)33(53)19(2)36-6/h18-20,22-26,28,36,45,47H,7-17H2,1-6H3,(H,37,50)(H,38,51)(H,39,52)(H,40,48)(H,41,49)/t18-,19-,20-,22?,23?,24-,25-,26-,28-/m0/s1. The molecule has 20 nitrogen and oxygen atoms in total. The second-order valence-corrected chi connectivity index (χ2v) is 14.4. The molecule has 0 saturated carbocycles. The highest BCUT2D eigenvalue weighted by atomic mass is 16.3. The van der Waals surface area contributed by atoms with Crippen LogP contribution in [0.5, 0.6) is 0 Å². The monoisotopic (exact) mass is 779 g/mol. The van der Waals surface area contributed by atoms with Crippen molar-refractivity contribution in [2.24, 2.45) is 0 Å². The molecule has 3 saturated heterocycles. The number of carbonyl (C=O) groups excluding carboxylic acids is 9. The molecule has 3 fully saturated rings. The van der Waals surface area contributed by atoms with Crippen molar-refractivity contribution < 1.29 is 53.4 Å². The molecule has 0 bridgehead atoms. The van der Waals surface area contributed by atoms with Gasteiger partial charge in [0.05, 0.1) is 31.3 Å². The molecule has 3 aliphatic rings. The molecule has 9 atom stereocenters. The van der Waals surface area contributed by atoms with Gasteiger partial charge in [0, 0.05) is 19.6 Å². The number of hydrogen-bond acceptors (Lipinski definition) is 12. The van der Waals surface area contributed by atoms with Gasteiger partial charge in [0.15, 0.2) is 5.78 Å². The first-order chi connectivity index (χ1) is 25.9. The molecule has 3 aliphatic heterocycles. The number of likely N-dealkylation sites (N-methyl/N-ethyl adjacent to an activating group) is 1. The maximum Gasteiger partial charge on any atom is 0.246 e. The van der Waals surface area contributed by atoms with Gasteiger partial charge in [-0.15, -0.1) is 0 Å². The van der Waals surface area contributed by atoms with E-state index in [-0.39, 0.29) is 18.2 Å². The lowest BCUT2D eigenvalue weighted by atomic mass is 10.1. The van der Waals surface area contributed by atoms with E-state index in [1.165, 1.54) is 35.5 Å². The third-order valence-corrected chi connectivity index (χ3v) is 10.3. The fourth-order valence-electron chi connectivity index (χ4n) is 6.87. The summed E-state index contributed by atoms with van der Waals surface area (Å²) < 4.78 is 0. The molecule has 8 N–H and O–H groups in total. The van der Waals surface area contributed by atoms with E-state index in [9.17, 15) is 53.4 Å².